The highest BCUT2D eigenvalue weighted by molar-refractivity contribution is 7.14. The van der Waals surface area contributed by atoms with Crippen molar-refractivity contribution in [2.45, 2.75) is 0 Å². The summed E-state index contributed by atoms with van der Waals surface area (Å²) in [7, 11) is 0. The number of amides is 2. The number of hydrogen-bond donors (Lipinski definition) is 0. The molecule has 1 aliphatic rings. The minimum Gasteiger partial charge on any atom is -0.335 e. The van der Waals surface area contributed by atoms with Crippen molar-refractivity contribution in [2.75, 3.05) is 26.2 Å². The van der Waals surface area contributed by atoms with Gasteiger partial charge < -0.3 is 9.80 Å². The summed E-state index contributed by atoms with van der Waals surface area (Å²) in [6, 6.07) is 7.15. The van der Waals surface area contributed by atoms with E-state index in [1.54, 1.807) is 21.2 Å². The molecule has 2 aromatic rings. The topological polar surface area (TPSA) is 40.6 Å². The molecule has 0 bridgehead atoms. The molecule has 0 unspecified atom stereocenters. The Labute approximate surface area is 142 Å². The van der Waals surface area contributed by atoms with Gasteiger partial charge in [0.25, 0.3) is 11.8 Å². The molecule has 0 atom stereocenters. The number of thiophene rings is 1. The lowest BCUT2D eigenvalue weighted by molar-refractivity contribution is 0.0536. The molecule has 0 radical (unpaired) electrons. The summed E-state index contributed by atoms with van der Waals surface area (Å²) in [6.45, 7) is 1.86. The Morgan fingerprint density at radius 1 is 0.957 bits per heavy atom. The van der Waals surface area contributed by atoms with Gasteiger partial charge in [0.05, 0.1) is 9.90 Å². The van der Waals surface area contributed by atoms with Crippen LogP contribution >= 0.6 is 22.9 Å². The van der Waals surface area contributed by atoms with Crippen molar-refractivity contribution in [1.29, 1.82) is 0 Å². The Hall–Kier alpha value is -1.92. The standard InChI is InChI=1S/C16H14ClFN2O2S/c17-14-9-12(10-23-14)16(22)20-7-5-19(6-8-20)15(21)11-1-3-13(18)4-2-11/h1-4,9-10H,5-8H2. The van der Waals surface area contributed by atoms with Gasteiger partial charge in [0.1, 0.15) is 5.82 Å². The van der Waals surface area contributed by atoms with E-state index in [0.717, 1.165) is 0 Å². The molecule has 0 spiro atoms. The van der Waals surface area contributed by atoms with Gasteiger partial charge in [-0.2, -0.15) is 0 Å². The first-order chi connectivity index (χ1) is 11.0. The molecule has 2 amide bonds. The zero-order valence-corrected chi connectivity index (χ0v) is 13.7. The number of carbonyl (C=O) groups is 2. The maximum absolute atomic E-state index is 12.9. The number of benzene rings is 1. The van der Waals surface area contributed by atoms with Crippen LogP contribution in [0.2, 0.25) is 4.34 Å². The third kappa shape index (κ3) is 3.54. The van der Waals surface area contributed by atoms with Gasteiger partial charge >= 0.3 is 0 Å². The van der Waals surface area contributed by atoms with Gasteiger partial charge in [-0.05, 0) is 30.3 Å². The molecule has 1 aliphatic heterocycles. The fourth-order valence-corrected chi connectivity index (χ4v) is 3.35. The van der Waals surface area contributed by atoms with Gasteiger partial charge in [0.15, 0.2) is 0 Å². The van der Waals surface area contributed by atoms with E-state index in [9.17, 15) is 14.0 Å². The summed E-state index contributed by atoms with van der Waals surface area (Å²) >= 11 is 7.18. The Morgan fingerprint density at radius 3 is 1.96 bits per heavy atom. The van der Waals surface area contributed by atoms with Crippen LogP contribution in [0.4, 0.5) is 4.39 Å². The van der Waals surface area contributed by atoms with Crippen LogP contribution in [-0.2, 0) is 0 Å². The van der Waals surface area contributed by atoms with E-state index < -0.39 is 0 Å². The second kappa shape index (κ2) is 6.68. The summed E-state index contributed by atoms with van der Waals surface area (Å²) in [5, 5.41) is 1.74. The SMILES string of the molecule is O=C(c1ccc(F)cc1)N1CCN(C(=O)c2csc(Cl)c2)CC1. The minimum absolute atomic E-state index is 0.0676. The largest absolute Gasteiger partial charge is 0.335 e. The summed E-state index contributed by atoms with van der Waals surface area (Å²) in [4.78, 5) is 28.1. The van der Waals surface area contributed by atoms with E-state index in [1.807, 2.05) is 0 Å². The summed E-state index contributed by atoms with van der Waals surface area (Å²) in [5.41, 5.74) is 1.04. The minimum atomic E-state index is -0.369. The molecule has 0 aliphatic carbocycles. The van der Waals surface area contributed by atoms with E-state index in [1.165, 1.54) is 35.6 Å². The number of hydrogen-bond acceptors (Lipinski definition) is 3. The van der Waals surface area contributed by atoms with E-state index in [2.05, 4.69) is 0 Å². The van der Waals surface area contributed by atoms with Crippen molar-refractivity contribution < 1.29 is 14.0 Å². The molecule has 7 heteroatoms. The molecule has 3 rings (SSSR count). The Bertz CT molecular complexity index is 724. The zero-order chi connectivity index (χ0) is 16.4. The fourth-order valence-electron chi connectivity index (χ4n) is 2.49. The molecule has 0 saturated carbocycles. The van der Waals surface area contributed by atoms with Gasteiger partial charge in [0, 0.05) is 37.1 Å². The fraction of sp³-hybridized carbons (Fsp3) is 0.250. The lowest BCUT2D eigenvalue weighted by Crippen LogP contribution is -2.50. The highest BCUT2D eigenvalue weighted by atomic mass is 35.5. The van der Waals surface area contributed by atoms with E-state index in [-0.39, 0.29) is 17.6 Å². The van der Waals surface area contributed by atoms with E-state index in [4.69, 9.17) is 11.6 Å². The van der Waals surface area contributed by atoms with Gasteiger partial charge in [-0.1, -0.05) is 11.6 Å². The maximum Gasteiger partial charge on any atom is 0.254 e. The second-order valence-electron chi connectivity index (χ2n) is 5.23. The molecule has 1 aromatic heterocycles. The van der Waals surface area contributed by atoms with E-state index in [0.29, 0.717) is 41.6 Å². The number of carbonyl (C=O) groups excluding carboxylic acids is 2. The maximum atomic E-state index is 12.9. The molecular weight excluding hydrogens is 339 g/mol. The van der Waals surface area contributed by atoms with E-state index >= 15 is 0 Å². The van der Waals surface area contributed by atoms with Crippen molar-refractivity contribution in [3.63, 3.8) is 0 Å². The average Bonchev–Trinajstić information content (AvgIpc) is 3.01. The quantitative estimate of drug-likeness (QED) is 0.833. The first-order valence-corrected chi connectivity index (χ1v) is 8.38. The number of halogens is 2. The van der Waals surface area contributed by atoms with Gasteiger partial charge in [-0.25, -0.2) is 4.39 Å². The molecule has 4 nitrogen and oxygen atoms in total. The van der Waals surface area contributed by atoms with Gasteiger partial charge in [0.2, 0.25) is 0 Å². The summed E-state index contributed by atoms with van der Waals surface area (Å²) < 4.78 is 13.5. The molecule has 2 heterocycles. The molecule has 1 aromatic carbocycles. The van der Waals surface area contributed by atoms with Crippen molar-refractivity contribution in [1.82, 2.24) is 9.80 Å². The smallest absolute Gasteiger partial charge is 0.254 e. The predicted octanol–water partition coefficient (Wildman–Crippen LogP) is 3.14. The average molecular weight is 353 g/mol. The molecule has 0 N–H and O–H groups in total. The lowest BCUT2D eigenvalue weighted by atomic mass is 10.1. The second-order valence-corrected chi connectivity index (χ2v) is 6.77. The Morgan fingerprint density at radius 2 is 1.48 bits per heavy atom. The number of nitrogens with zero attached hydrogens (tertiary/aromatic N) is 2. The molecular formula is C16H14ClFN2O2S. The van der Waals surface area contributed by atoms with Crippen molar-refractivity contribution in [3.8, 4) is 0 Å². The third-order valence-electron chi connectivity index (χ3n) is 3.76. The lowest BCUT2D eigenvalue weighted by Gasteiger charge is -2.34. The van der Waals surface area contributed by atoms with Gasteiger partial charge in [-0.15, -0.1) is 11.3 Å². The van der Waals surface area contributed by atoms with Crippen LogP contribution in [0.5, 0.6) is 0 Å². The van der Waals surface area contributed by atoms with Crippen LogP contribution in [0, 0.1) is 5.82 Å². The van der Waals surface area contributed by atoms with Crippen molar-refractivity contribution in [2.24, 2.45) is 0 Å². The van der Waals surface area contributed by atoms with Crippen LogP contribution in [-0.4, -0.2) is 47.8 Å². The number of piperazine rings is 1. The van der Waals surface area contributed by atoms with Crippen molar-refractivity contribution in [3.05, 3.63) is 57.0 Å². The summed E-state index contributed by atoms with van der Waals surface area (Å²) in [5.74, 6) is -0.580. The number of rotatable bonds is 2. The first kappa shape index (κ1) is 16.0. The van der Waals surface area contributed by atoms with Crippen LogP contribution in [0.15, 0.2) is 35.7 Å². The summed E-state index contributed by atoms with van der Waals surface area (Å²) in [6.07, 6.45) is 0. The van der Waals surface area contributed by atoms with Crippen LogP contribution in [0.25, 0.3) is 0 Å². The van der Waals surface area contributed by atoms with Crippen LogP contribution in [0.3, 0.4) is 0 Å². The predicted molar refractivity (Wildman–Crippen MR) is 87.5 cm³/mol. The Kier molecular flexibility index (Phi) is 4.63. The van der Waals surface area contributed by atoms with Crippen LogP contribution < -0.4 is 0 Å². The van der Waals surface area contributed by atoms with Crippen molar-refractivity contribution >= 4 is 34.8 Å². The molecule has 1 saturated heterocycles. The normalized spacial score (nSPS) is 14.9. The monoisotopic (exact) mass is 352 g/mol. The third-order valence-corrected chi connectivity index (χ3v) is 4.85. The van der Waals surface area contributed by atoms with Crippen LogP contribution in [0.1, 0.15) is 20.7 Å². The highest BCUT2D eigenvalue weighted by Crippen LogP contribution is 2.21. The highest BCUT2D eigenvalue weighted by Gasteiger charge is 2.25. The van der Waals surface area contributed by atoms with Gasteiger partial charge in [-0.3, -0.25) is 9.59 Å². The molecule has 1 fully saturated rings. The molecule has 120 valence electrons. The first-order valence-electron chi connectivity index (χ1n) is 7.13. The Balaban J connectivity index is 1.61. The zero-order valence-electron chi connectivity index (χ0n) is 12.2. The molecule has 23 heavy (non-hydrogen) atoms.